The zero-order valence-electron chi connectivity index (χ0n) is 14.2. The first-order valence-corrected chi connectivity index (χ1v) is 8.45. The molecule has 4 aromatic rings. The minimum Gasteiger partial charge on any atom is -0.321 e. The van der Waals surface area contributed by atoms with E-state index in [2.05, 4.69) is 70.2 Å². The summed E-state index contributed by atoms with van der Waals surface area (Å²) in [4.78, 5) is 4.59. The summed E-state index contributed by atoms with van der Waals surface area (Å²) in [6.07, 6.45) is 1.86. The average molecular weight is 314 g/mol. The van der Waals surface area contributed by atoms with Crippen LogP contribution in [0.5, 0.6) is 0 Å². The number of benzene rings is 2. The lowest BCUT2D eigenvalue weighted by molar-refractivity contribution is 0.833. The van der Waals surface area contributed by atoms with Crippen LogP contribution in [-0.2, 0) is 6.54 Å². The van der Waals surface area contributed by atoms with E-state index in [0.29, 0.717) is 0 Å². The van der Waals surface area contributed by atoms with Crippen molar-refractivity contribution in [3.63, 3.8) is 0 Å². The van der Waals surface area contributed by atoms with E-state index in [0.717, 1.165) is 12.2 Å². The first-order valence-electron chi connectivity index (χ1n) is 8.45. The van der Waals surface area contributed by atoms with Crippen molar-refractivity contribution in [2.75, 3.05) is 0 Å². The van der Waals surface area contributed by atoms with Gasteiger partial charge in [0.25, 0.3) is 0 Å². The van der Waals surface area contributed by atoms with Gasteiger partial charge in [-0.05, 0) is 29.3 Å². The van der Waals surface area contributed by atoms with Crippen LogP contribution in [-0.4, -0.2) is 9.55 Å². The maximum Gasteiger partial charge on any atom is 0.140 e. The van der Waals surface area contributed by atoms with Crippen LogP contribution in [0.2, 0.25) is 0 Å². The molecule has 0 saturated carbocycles. The van der Waals surface area contributed by atoms with E-state index in [1.165, 1.54) is 22.2 Å². The van der Waals surface area contributed by atoms with Crippen LogP contribution in [0, 0.1) is 0 Å². The zero-order valence-corrected chi connectivity index (χ0v) is 14.2. The quantitative estimate of drug-likeness (QED) is 0.469. The second-order valence-electron chi connectivity index (χ2n) is 5.38. The van der Waals surface area contributed by atoms with Gasteiger partial charge in [-0.25, -0.2) is 4.98 Å². The molecular weight excluding hydrogens is 292 g/mol. The van der Waals surface area contributed by atoms with Gasteiger partial charge in [-0.1, -0.05) is 74.5 Å². The van der Waals surface area contributed by atoms with Gasteiger partial charge in [0, 0.05) is 18.1 Å². The van der Waals surface area contributed by atoms with Crippen LogP contribution in [0.3, 0.4) is 0 Å². The summed E-state index contributed by atoms with van der Waals surface area (Å²) in [6, 6.07) is 27.4. The molecule has 0 N–H and O–H groups in total. The Bertz CT molecular complexity index is 893. The van der Waals surface area contributed by atoms with Crippen molar-refractivity contribution in [3.8, 4) is 11.3 Å². The fraction of sp³-hybridized carbons (Fsp3) is 0.136. The predicted molar refractivity (Wildman–Crippen MR) is 102 cm³/mol. The summed E-state index contributed by atoms with van der Waals surface area (Å²) in [6.45, 7) is 4.82. The number of pyridine rings is 1. The molecule has 0 radical (unpaired) electrons. The van der Waals surface area contributed by atoms with Gasteiger partial charge in [-0.15, -0.1) is 0 Å². The summed E-state index contributed by atoms with van der Waals surface area (Å²) >= 11 is 0. The van der Waals surface area contributed by atoms with Crippen LogP contribution < -0.4 is 0 Å². The van der Waals surface area contributed by atoms with Gasteiger partial charge in [0.05, 0.1) is 5.69 Å². The van der Waals surface area contributed by atoms with E-state index >= 15 is 0 Å². The maximum atomic E-state index is 4.59. The molecule has 0 aliphatic rings. The Kier molecular flexibility index (Phi) is 5.07. The number of nitrogens with zero attached hydrogens (tertiary/aromatic N) is 2. The highest BCUT2D eigenvalue weighted by Gasteiger charge is 2.11. The number of rotatable bonds is 3. The molecular formula is C22H22N2. The number of hydrogen-bond acceptors (Lipinski definition) is 1. The van der Waals surface area contributed by atoms with Gasteiger partial charge < -0.3 is 4.57 Å². The first-order chi connectivity index (χ1) is 11.9. The second-order valence-corrected chi connectivity index (χ2v) is 5.38. The van der Waals surface area contributed by atoms with Crippen LogP contribution >= 0.6 is 0 Å². The predicted octanol–water partition coefficient (Wildman–Crippen LogP) is 5.78. The third-order valence-corrected chi connectivity index (χ3v) is 3.91. The van der Waals surface area contributed by atoms with Crippen molar-refractivity contribution in [1.29, 1.82) is 0 Å². The molecule has 0 bridgehead atoms. The van der Waals surface area contributed by atoms with E-state index < -0.39 is 0 Å². The standard InChI is InChI=1S/C20H16N2.C2H6/c1-3-8-16(9-4-1)15-22-19(17-10-5-2-6-11-17)14-18-12-7-13-21-20(18)22;1-2/h1-14H,15H2;1-2H3. The van der Waals surface area contributed by atoms with Gasteiger partial charge in [0.15, 0.2) is 0 Å². The molecule has 2 heteroatoms. The van der Waals surface area contributed by atoms with Crippen molar-refractivity contribution in [1.82, 2.24) is 9.55 Å². The third kappa shape index (κ3) is 3.23. The Morgan fingerprint density at radius 1 is 0.792 bits per heavy atom. The lowest BCUT2D eigenvalue weighted by Gasteiger charge is -2.10. The Morgan fingerprint density at radius 2 is 1.46 bits per heavy atom. The highest BCUT2D eigenvalue weighted by molar-refractivity contribution is 5.84. The highest BCUT2D eigenvalue weighted by Crippen LogP contribution is 2.27. The molecule has 0 aliphatic carbocycles. The van der Waals surface area contributed by atoms with Crippen molar-refractivity contribution < 1.29 is 0 Å². The third-order valence-electron chi connectivity index (χ3n) is 3.91. The Labute approximate surface area is 143 Å². The molecule has 120 valence electrons. The van der Waals surface area contributed by atoms with Gasteiger partial charge in [-0.2, -0.15) is 0 Å². The van der Waals surface area contributed by atoms with E-state index in [1.54, 1.807) is 0 Å². The molecule has 2 aromatic heterocycles. The van der Waals surface area contributed by atoms with Crippen LogP contribution in [0.1, 0.15) is 19.4 Å². The lowest BCUT2D eigenvalue weighted by Crippen LogP contribution is -2.02. The van der Waals surface area contributed by atoms with E-state index in [-0.39, 0.29) is 0 Å². The molecule has 2 aromatic carbocycles. The summed E-state index contributed by atoms with van der Waals surface area (Å²) in [5.41, 5.74) is 4.74. The Morgan fingerprint density at radius 3 is 2.17 bits per heavy atom. The van der Waals surface area contributed by atoms with Crippen molar-refractivity contribution in [2.24, 2.45) is 0 Å². The summed E-state index contributed by atoms with van der Waals surface area (Å²) < 4.78 is 2.29. The number of fused-ring (bicyclic) bond motifs is 1. The van der Waals surface area contributed by atoms with Crippen molar-refractivity contribution >= 4 is 11.0 Å². The summed E-state index contributed by atoms with van der Waals surface area (Å²) in [5, 5.41) is 1.18. The monoisotopic (exact) mass is 314 g/mol. The normalized spacial score (nSPS) is 10.2. The molecule has 2 heterocycles. The topological polar surface area (TPSA) is 17.8 Å². The smallest absolute Gasteiger partial charge is 0.140 e. The van der Waals surface area contributed by atoms with Gasteiger partial charge in [0.1, 0.15) is 5.65 Å². The van der Waals surface area contributed by atoms with E-state index in [9.17, 15) is 0 Å². The Hall–Kier alpha value is -2.87. The zero-order chi connectivity index (χ0) is 16.8. The van der Waals surface area contributed by atoms with Crippen LogP contribution in [0.15, 0.2) is 85.1 Å². The molecule has 0 saturated heterocycles. The summed E-state index contributed by atoms with van der Waals surface area (Å²) in [5.74, 6) is 0. The minimum atomic E-state index is 0.825. The molecule has 0 fully saturated rings. The molecule has 0 amide bonds. The molecule has 0 unspecified atom stereocenters. The molecule has 24 heavy (non-hydrogen) atoms. The number of hydrogen-bond donors (Lipinski definition) is 0. The Balaban J connectivity index is 0.000000815. The van der Waals surface area contributed by atoms with Crippen molar-refractivity contribution in [3.05, 3.63) is 90.6 Å². The van der Waals surface area contributed by atoms with Crippen LogP contribution in [0.4, 0.5) is 0 Å². The molecule has 0 aliphatic heterocycles. The highest BCUT2D eigenvalue weighted by atomic mass is 15.0. The van der Waals surface area contributed by atoms with E-state index in [1.807, 2.05) is 38.2 Å². The number of aromatic nitrogens is 2. The van der Waals surface area contributed by atoms with Crippen LogP contribution in [0.25, 0.3) is 22.3 Å². The largest absolute Gasteiger partial charge is 0.321 e. The second kappa shape index (κ2) is 7.60. The molecule has 4 rings (SSSR count). The van der Waals surface area contributed by atoms with E-state index in [4.69, 9.17) is 0 Å². The lowest BCUT2D eigenvalue weighted by atomic mass is 10.1. The minimum absolute atomic E-state index is 0.825. The maximum absolute atomic E-state index is 4.59. The van der Waals surface area contributed by atoms with Crippen molar-refractivity contribution in [2.45, 2.75) is 20.4 Å². The average Bonchev–Trinajstić information content (AvgIpc) is 3.04. The first kappa shape index (κ1) is 16.0. The molecule has 2 nitrogen and oxygen atoms in total. The SMILES string of the molecule is CC.c1ccc(Cn2c(-c3ccccc3)cc3cccnc32)cc1. The molecule has 0 atom stereocenters. The molecule has 0 spiro atoms. The summed E-state index contributed by atoms with van der Waals surface area (Å²) in [7, 11) is 0. The fourth-order valence-corrected chi connectivity index (χ4v) is 2.86. The van der Waals surface area contributed by atoms with Gasteiger partial charge >= 0.3 is 0 Å². The van der Waals surface area contributed by atoms with Gasteiger partial charge in [-0.3, -0.25) is 0 Å². The van der Waals surface area contributed by atoms with Gasteiger partial charge in [0.2, 0.25) is 0 Å². The fourth-order valence-electron chi connectivity index (χ4n) is 2.86.